The van der Waals surface area contributed by atoms with E-state index < -0.39 is 6.10 Å². The number of benzene rings is 2. The van der Waals surface area contributed by atoms with Gasteiger partial charge in [-0.25, -0.2) is 0 Å². The van der Waals surface area contributed by atoms with Crippen molar-refractivity contribution in [3.8, 4) is 11.5 Å². The summed E-state index contributed by atoms with van der Waals surface area (Å²) in [5, 5.41) is 13.5. The van der Waals surface area contributed by atoms with Gasteiger partial charge in [-0.05, 0) is 44.0 Å². The second-order valence-electron chi connectivity index (χ2n) is 6.21. The minimum atomic E-state index is -0.518. The van der Waals surface area contributed by atoms with Crippen molar-refractivity contribution in [3.63, 3.8) is 0 Å². The summed E-state index contributed by atoms with van der Waals surface area (Å²) in [7, 11) is 1.64. The maximum Gasteiger partial charge on any atom is 0.161 e. The van der Waals surface area contributed by atoms with Crippen LogP contribution in [0.1, 0.15) is 36.6 Å². The summed E-state index contributed by atoms with van der Waals surface area (Å²) in [6.07, 6.45) is -0.413. The number of nitrogens with one attached hydrogen (secondary N) is 1. The van der Waals surface area contributed by atoms with Crippen molar-refractivity contribution in [2.45, 2.75) is 39.5 Å². The van der Waals surface area contributed by atoms with E-state index in [0.29, 0.717) is 13.1 Å². The molecule has 0 aliphatic rings. The molecule has 0 saturated carbocycles. The number of rotatable bonds is 8. The Morgan fingerprint density at radius 1 is 1.04 bits per heavy atom. The molecule has 4 nitrogen and oxygen atoms in total. The van der Waals surface area contributed by atoms with Gasteiger partial charge in [0.05, 0.1) is 19.3 Å². The summed E-state index contributed by atoms with van der Waals surface area (Å²) in [5.41, 5.74) is 3.19. The van der Waals surface area contributed by atoms with Crippen molar-refractivity contribution in [2.75, 3.05) is 13.7 Å². The molecule has 0 saturated heterocycles. The Kier molecular flexibility index (Phi) is 6.64. The summed E-state index contributed by atoms with van der Waals surface area (Å²) in [5.74, 6) is 1.47. The topological polar surface area (TPSA) is 50.7 Å². The maximum absolute atomic E-state index is 10.2. The van der Waals surface area contributed by atoms with Crippen LogP contribution in [0.5, 0.6) is 11.5 Å². The summed E-state index contributed by atoms with van der Waals surface area (Å²) >= 11 is 0. The van der Waals surface area contributed by atoms with E-state index in [4.69, 9.17) is 9.47 Å². The highest BCUT2D eigenvalue weighted by Gasteiger charge is 2.09. The van der Waals surface area contributed by atoms with Crippen molar-refractivity contribution in [3.05, 3.63) is 59.2 Å². The van der Waals surface area contributed by atoms with Gasteiger partial charge in [0.25, 0.3) is 0 Å². The number of hydrogen-bond acceptors (Lipinski definition) is 4. The minimum Gasteiger partial charge on any atom is -0.493 e. The van der Waals surface area contributed by atoms with Crippen LogP contribution in [0.3, 0.4) is 0 Å². The molecule has 2 aromatic rings. The summed E-state index contributed by atoms with van der Waals surface area (Å²) < 4.78 is 11.1. The molecule has 2 rings (SSSR count). The predicted octanol–water partition coefficient (Wildman–Crippen LogP) is 3.61. The Morgan fingerprint density at radius 2 is 1.75 bits per heavy atom. The van der Waals surface area contributed by atoms with Crippen LogP contribution in [0.25, 0.3) is 0 Å². The molecule has 1 atom stereocenters. The molecular weight excluding hydrogens is 302 g/mol. The van der Waals surface area contributed by atoms with E-state index in [1.165, 1.54) is 5.56 Å². The van der Waals surface area contributed by atoms with Crippen molar-refractivity contribution in [2.24, 2.45) is 0 Å². The van der Waals surface area contributed by atoms with Gasteiger partial charge in [0, 0.05) is 13.1 Å². The van der Waals surface area contributed by atoms with Crippen molar-refractivity contribution < 1.29 is 14.6 Å². The Bertz CT molecular complexity index is 638. The zero-order valence-electron chi connectivity index (χ0n) is 14.9. The lowest BCUT2D eigenvalue weighted by atomic mass is 10.1. The molecule has 2 aromatic carbocycles. The second kappa shape index (κ2) is 8.71. The van der Waals surface area contributed by atoms with Crippen LogP contribution in [-0.4, -0.2) is 24.9 Å². The highest BCUT2D eigenvalue weighted by molar-refractivity contribution is 5.43. The third kappa shape index (κ3) is 5.25. The SMILES string of the molecule is COc1cc(CNCC(O)c2ccc(C)cc2)ccc1OC(C)C. The molecule has 4 heteroatoms. The zero-order chi connectivity index (χ0) is 17.5. The van der Waals surface area contributed by atoms with Crippen LogP contribution in [0.4, 0.5) is 0 Å². The monoisotopic (exact) mass is 329 g/mol. The first-order valence-electron chi connectivity index (χ1n) is 8.28. The largest absolute Gasteiger partial charge is 0.493 e. The summed E-state index contributed by atoms with van der Waals surface area (Å²) in [6, 6.07) is 13.8. The van der Waals surface area contributed by atoms with Crippen LogP contribution < -0.4 is 14.8 Å². The highest BCUT2D eigenvalue weighted by atomic mass is 16.5. The van der Waals surface area contributed by atoms with Crippen LogP contribution in [0.15, 0.2) is 42.5 Å². The van der Waals surface area contributed by atoms with Gasteiger partial charge >= 0.3 is 0 Å². The van der Waals surface area contributed by atoms with Gasteiger partial charge in [-0.3, -0.25) is 0 Å². The van der Waals surface area contributed by atoms with Crippen LogP contribution in [0, 0.1) is 6.92 Å². The molecule has 0 amide bonds. The molecule has 0 aliphatic carbocycles. The van der Waals surface area contributed by atoms with Gasteiger partial charge in [-0.15, -0.1) is 0 Å². The molecule has 0 heterocycles. The normalized spacial score (nSPS) is 12.2. The Hall–Kier alpha value is -2.04. The third-order valence-corrected chi connectivity index (χ3v) is 3.72. The Labute approximate surface area is 144 Å². The van der Waals surface area contributed by atoms with Crippen molar-refractivity contribution >= 4 is 0 Å². The fraction of sp³-hybridized carbons (Fsp3) is 0.400. The van der Waals surface area contributed by atoms with E-state index in [0.717, 1.165) is 22.6 Å². The third-order valence-electron chi connectivity index (χ3n) is 3.72. The first kappa shape index (κ1) is 18.3. The summed E-state index contributed by atoms with van der Waals surface area (Å²) in [4.78, 5) is 0. The maximum atomic E-state index is 10.2. The number of ether oxygens (including phenoxy) is 2. The van der Waals surface area contributed by atoms with E-state index in [2.05, 4.69) is 5.32 Å². The average molecular weight is 329 g/mol. The standard InChI is InChI=1S/C20H27NO3/c1-14(2)24-19-10-7-16(11-20(19)23-4)12-21-13-18(22)17-8-5-15(3)6-9-17/h5-11,14,18,21-22H,12-13H2,1-4H3. The molecule has 130 valence electrons. The number of aliphatic hydroxyl groups is 1. The smallest absolute Gasteiger partial charge is 0.161 e. The van der Waals surface area contributed by atoms with Gasteiger partial charge in [-0.1, -0.05) is 35.9 Å². The van der Waals surface area contributed by atoms with Crippen molar-refractivity contribution in [1.29, 1.82) is 0 Å². The van der Waals surface area contributed by atoms with Crippen LogP contribution in [0.2, 0.25) is 0 Å². The second-order valence-corrected chi connectivity index (χ2v) is 6.21. The van der Waals surface area contributed by atoms with Gasteiger partial charge in [0.1, 0.15) is 0 Å². The molecule has 2 N–H and O–H groups in total. The fourth-order valence-electron chi connectivity index (χ4n) is 2.43. The lowest BCUT2D eigenvalue weighted by Crippen LogP contribution is -2.21. The predicted molar refractivity (Wildman–Crippen MR) is 96.6 cm³/mol. The van der Waals surface area contributed by atoms with E-state index >= 15 is 0 Å². The highest BCUT2D eigenvalue weighted by Crippen LogP contribution is 2.29. The number of methoxy groups -OCH3 is 1. The molecule has 0 aliphatic heterocycles. The lowest BCUT2D eigenvalue weighted by molar-refractivity contribution is 0.174. The van der Waals surface area contributed by atoms with E-state index in [1.807, 2.05) is 63.2 Å². The van der Waals surface area contributed by atoms with Gasteiger partial charge in [0.15, 0.2) is 11.5 Å². The van der Waals surface area contributed by atoms with E-state index in [1.54, 1.807) is 7.11 Å². The van der Waals surface area contributed by atoms with Crippen LogP contribution >= 0.6 is 0 Å². The molecular formula is C20H27NO3. The lowest BCUT2D eigenvalue weighted by Gasteiger charge is -2.16. The van der Waals surface area contributed by atoms with E-state index in [-0.39, 0.29) is 6.10 Å². The van der Waals surface area contributed by atoms with Crippen LogP contribution in [-0.2, 0) is 6.54 Å². The molecule has 0 aromatic heterocycles. The van der Waals surface area contributed by atoms with Gasteiger partial charge < -0.3 is 19.9 Å². The van der Waals surface area contributed by atoms with Gasteiger partial charge in [0.2, 0.25) is 0 Å². The molecule has 1 unspecified atom stereocenters. The van der Waals surface area contributed by atoms with Crippen molar-refractivity contribution in [1.82, 2.24) is 5.32 Å². The molecule has 0 bridgehead atoms. The van der Waals surface area contributed by atoms with Gasteiger partial charge in [-0.2, -0.15) is 0 Å². The molecule has 0 spiro atoms. The first-order valence-corrected chi connectivity index (χ1v) is 8.28. The summed E-state index contributed by atoms with van der Waals surface area (Å²) in [6.45, 7) is 7.16. The number of hydrogen-bond donors (Lipinski definition) is 2. The molecule has 24 heavy (non-hydrogen) atoms. The fourth-order valence-corrected chi connectivity index (χ4v) is 2.43. The molecule has 0 fully saturated rings. The average Bonchev–Trinajstić information content (AvgIpc) is 2.56. The van der Waals surface area contributed by atoms with E-state index in [9.17, 15) is 5.11 Å². The Morgan fingerprint density at radius 3 is 2.38 bits per heavy atom. The Balaban J connectivity index is 1.90. The quantitative estimate of drug-likeness (QED) is 0.777. The first-order chi connectivity index (χ1) is 11.5. The molecule has 0 radical (unpaired) electrons. The zero-order valence-corrected chi connectivity index (χ0v) is 14.9. The number of aryl methyl sites for hydroxylation is 1. The minimum absolute atomic E-state index is 0.104. The number of aliphatic hydroxyl groups excluding tert-OH is 1.